The van der Waals surface area contributed by atoms with Crippen LogP contribution in [0.5, 0.6) is 6.01 Å². The summed E-state index contributed by atoms with van der Waals surface area (Å²) >= 11 is 0. The van der Waals surface area contributed by atoms with Crippen LogP contribution in [0.15, 0.2) is 0 Å². The second-order valence-corrected chi connectivity index (χ2v) is 5.59. The molecule has 0 radical (unpaired) electrons. The lowest BCUT2D eigenvalue weighted by molar-refractivity contribution is 0.281. The van der Waals surface area contributed by atoms with Gasteiger partial charge in [0.15, 0.2) is 0 Å². The molecule has 21 heavy (non-hydrogen) atoms. The van der Waals surface area contributed by atoms with Crippen molar-refractivity contribution >= 4 is 11.9 Å². The number of aromatic nitrogens is 3. The minimum atomic E-state index is 0.241. The van der Waals surface area contributed by atoms with Crippen molar-refractivity contribution in [2.45, 2.75) is 58.3 Å². The minimum absolute atomic E-state index is 0.241. The monoisotopic (exact) mass is 293 g/mol. The van der Waals surface area contributed by atoms with Crippen molar-refractivity contribution in [2.24, 2.45) is 0 Å². The van der Waals surface area contributed by atoms with E-state index in [1.807, 2.05) is 0 Å². The summed E-state index contributed by atoms with van der Waals surface area (Å²) in [5.41, 5.74) is 5.74. The molecule has 0 saturated carbocycles. The van der Waals surface area contributed by atoms with Gasteiger partial charge in [0.25, 0.3) is 0 Å². The highest BCUT2D eigenvalue weighted by Crippen LogP contribution is 2.18. The fraction of sp³-hybridized carbons (Fsp3) is 0.800. The van der Waals surface area contributed by atoms with E-state index in [-0.39, 0.29) is 5.95 Å². The van der Waals surface area contributed by atoms with Gasteiger partial charge in [-0.25, -0.2) is 0 Å². The zero-order valence-electron chi connectivity index (χ0n) is 13.1. The summed E-state index contributed by atoms with van der Waals surface area (Å²) in [6.45, 7) is 4.85. The number of nitrogens with zero attached hydrogens (tertiary/aromatic N) is 4. The number of anilines is 2. The largest absolute Gasteiger partial charge is 0.463 e. The second kappa shape index (κ2) is 8.64. The van der Waals surface area contributed by atoms with E-state index in [1.54, 1.807) is 0 Å². The molecule has 2 N–H and O–H groups in total. The maximum Gasteiger partial charge on any atom is 0.323 e. The van der Waals surface area contributed by atoms with E-state index in [2.05, 4.69) is 26.8 Å². The Bertz CT molecular complexity index is 421. The van der Waals surface area contributed by atoms with Gasteiger partial charge in [-0.05, 0) is 19.3 Å². The molecule has 0 bridgehead atoms. The van der Waals surface area contributed by atoms with Gasteiger partial charge in [0, 0.05) is 13.1 Å². The SMILES string of the molecule is CCCCCCCCOc1nc(N)nc(N2CCCC2)n1. The second-order valence-electron chi connectivity index (χ2n) is 5.59. The van der Waals surface area contributed by atoms with Crippen molar-refractivity contribution in [3.63, 3.8) is 0 Å². The molecule has 6 heteroatoms. The third-order valence-corrected chi connectivity index (χ3v) is 3.74. The van der Waals surface area contributed by atoms with Crippen LogP contribution in [0.3, 0.4) is 0 Å². The summed E-state index contributed by atoms with van der Waals surface area (Å²) < 4.78 is 5.62. The fourth-order valence-electron chi connectivity index (χ4n) is 2.53. The highest BCUT2D eigenvalue weighted by Gasteiger charge is 2.17. The lowest BCUT2D eigenvalue weighted by Gasteiger charge is -2.15. The Morgan fingerprint density at radius 1 is 1.00 bits per heavy atom. The van der Waals surface area contributed by atoms with Crippen molar-refractivity contribution in [2.75, 3.05) is 30.3 Å². The predicted octanol–water partition coefficient (Wildman–Crippen LogP) is 2.79. The van der Waals surface area contributed by atoms with Crippen LogP contribution < -0.4 is 15.4 Å². The number of rotatable bonds is 9. The van der Waals surface area contributed by atoms with Crippen LogP contribution in [-0.4, -0.2) is 34.6 Å². The van der Waals surface area contributed by atoms with E-state index in [4.69, 9.17) is 10.5 Å². The summed E-state index contributed by atoms with van der Waals surface area (Å²) in [6.07, 6.45) is 9.78. The van der Waals surface area contributed by atoms with E-state index in [0.717, 1.165) is 19.5 Å². The standard InChI is InChI=1S/C15H27N5O/c1-2-3-4-5-6-9-12-21-15-18-13(16)17-14(19-15)20-10-7-8-11-20/h2-12H2,1H3,(H2,16,17,18,19). The van der Waals surface area contributed by atoms with Crippen LogP contribution >= 0.6 is 0 Å². The molecule has 1 saturated heterocycles. The van der Waals surface area contributed by atoms with Gasteiger partial charge in [-0.1, -0.05) is 39.0 Å². The fourth-order valence-corrected chi connectivity index (χ4v) is 2.53. The molecule has 6 nitrogen and oxygen atoms in total. The maximum absolute atomic E-state index is 5.74. The molecule has 2 rings (SSSR count). The molecule has 1 aromatic rings. The zero-order chi connectivity index (χ0) is 14.9. The van der Waals surface area contributed by atoms with Crippen molar-refractivity contribution in [3.8, 4) is 6.01 Å². The van der Waals surface area contributed by atoms with Gasteiger partial charge in [0.05, 0.1) is 6.61 Å². The van der Waals surface area contributed by atoms with E-state index in [1.165, 1.54) is 44.9 Å². The summed E-state index contributed by atoms with van der Waals surface area (Å²) in [5.74, 6) is 0.891. The summed E-state index contributed by atoms with van der Waals surface area (Å²) in [5, 5.41) is 0. The van der Waals surface area contributed by atoms with Crippen LogP contribution in [0.1, 0.15) is 58.3 Å². The minimum Gasteiger partial charge on any atom is -0.463 e. The third kappa shape index (κ3) is 5.36. The van der Waals surface area contributed by atoms with Gasteiger partial charge in [0.2, 0.25) is 11.9 Å². The van der Waals surface area contributed by atoms with E-state index in [0.29, 0.717) is 18.6 Å². The first-order chi connectivity index (χ1) is 10.3. The first-order valence-corrected chi connectivity index (χ1v) is 8.19. The van der Waals surface area contributed by atoms with Crippen LogP contribution in [0, 0.1) is 0 Å². The zero-order valence-corrected chi connectivity index (χ0v) is 13.1. The lowest BCUT2D eigenvalue weighted by Crippen LogP contribution is -2.21. The van der Waals surface area contributed by atoms with Crippen LogP contribution in [0.4, 0.5) is 11.9 Å². The van der Waals surface area contributed by atoms with Crippen LogP contribution in [0.25, 0.3) is 0 Å². The summed E-state index contributed by atoms with van der Waals surface area (Å²) in [4.78, 5) is 14.8. The van der Waals surface area contributed by atoms with Crippen molar-refractivity contribution in [3.05, 3.63) is 0 Å². The van der Waals surface area contributed by atoms with Crippen LogP contribution in [-0.2, 0) is 0 Å². The molecular weight excluding hydrogens is 266 g/mol. The van der Waals surface area contributed by atoms with Crippen molar-refractivity contribution < 1.29 is 4.74 Å². The van der Waals surface area contributed by atoms with Gasteiger partial charge in [0.1, 0.15) is 0 Å². The Morgan fingerprint density at radius 2 is 1.71 bits per heavy atom. The molecule has 0 aromatic carbocycles. The number of unbranched alkanes of at least 4 members (excludes halogenated alkanes) is 5. The molecular formula is C15H27N5O. The van der Waals surface area contributed by atoms with Gasteiger partial charge < -0.3 is 15.4 Å². The Balaban J connectivity index is 1.75. The summed E-state index contributed by atoms with van der Waals surface area (Å²) in [7, 11) is 0. The molecule has 0 amide bonds. The van der Waals surface area contributed by atoms with E-state index >= 15 is 0 Å². The first kappa shape index (κ1) is 15.8. The topological polar surface area (TPSA) is 77.2 Å². The molecule has 1 aromatic heterocycles. The highest BCUT2D eigenvalue weighted by molar-refractivity contribution is 5.36. The molecule has 1 fully saturated rings. The average Bonchev–Trinajstić information content (AvgIpc) is 3.00. The number of hydrogen-bond acceptors (Lipinski definition) is 6. The summed E-state index contributed by atoms with van der Waals surface area (Å²) in [6, 6.07) is 0.359. The molecule has 118 valence electrons. The number of ether oxygens (including phenoxy) is 1. The molecule has 0 unspecified atom stereocenters. The Labute approximate surface area is 127 Å². The van der Waals surface area contributed by atoms with Gasteiger partial charge in [-0.2, -0.15) is 15.0 Å². The molecule has 0 aliphatic carbocycles. The number of nitrogens with two attached hydrogens (primary N) is 1. The van der Waals surface area contributed by atoms with Gasteiger partial charge in [-0.3, -0.25) is 0 Å². The Kier molecular flexibility index (Phi) is 6.50. The molecule has 0 spiro atoms. The quantitative estimate of drug-likeness (QED) is 0.705. The molecule has 2 heterocycles. The smallest absolute Gasteiger partial charge is 0.323 e. The maximum atomic E-state index is 5.74. The number of nitrogen functional groups attached to an aromatic ring is 1. The highest BCUT2D eigenvalue weighted by atomic mass is 16.5. The van der Waals surface area contributed by atoms with Crippen molar-refractivity contribution in [1.29, 1.82) is 0 Å². The van der Waals surface area contributed by atoms with E-state index in [9.17, 15) is 0 Å². The first-order valence-electron chi connectivity index (χ1n) is 8.19. The molecule has 1 aliphatic rings. The van der Waals surface area contributed by atoms with Crippen LogP contribution in [0.2, 0.25) is 0 Å². The molecule has 0 atom stereocenters. The average molecular weight is 293 g/mol. The van der Waals surface area contributed by atoms with Gasteiger partial charge >= 0.3 is 6.01 Å². The van der Waals surface area contributed by atoms with Crippen molar-refractivity contribution in [1.82, 2.24) is 15.0 Å². The number of hydrogen-bond donors (Lipinski definition) is 1. The Hall–Kier alpha value is -1.59. The molecule has 1 aliphatic heterocycles. The normalized spacial score (nSPS) is 14.6. The van der Waals surface area contributed by atoms with E-state index < -0.39 is 0 Å². The van der Waals surface area contributed by atoms with Gasteiger partial charge in [-0.15, -0.1) is 0 Å². The third-order valence-electron chi connectivity index (χ3n) is 3.74. The lowest BCUT2D eigenvalue weighted by atomic mass is 10.1. The predicted molar refractivity (Wildman–Crippen MR) is 84.6 cm³/mol. The Morgan fingerprint density at radius 3 is 2.48 bits per heavy atom.